The number of amides is 1. The van der Waals surface area contributed by atoms with Crippen molar-refractivity contribution in [3.05, 3.63) is 0 Å². The van der Waals surface area contributed by atoms with Gasteiger partial charge in [0.05, 0.1) is 6.54 Å². The molecule has 0 bridgehead atoms. The average Bonchev–Trinajstić information content (AvgIpc) is 3.02. The van der Waals surface area contributed by atoms with Gasteiger partial charge >= 0.3 is 0 Å². The molecular formula is C12H24ClN3O. The van der Waals surface area contributed by atoms with E-state index in [0.717, 1.165) is 19.4 Å². The summed E-state index contributed by atoms with van der Waals surface area (Å²) in [5.41, 5.74) is 5.80. The Morgan fingerprint density at radius 3 is 2.71 bits per heavy atom. The van der Waals surface area contributed by atoms with Gasteiger partial charge in [-0.3, -0.25) is 9.69 Å². The molecule has 0 aromatic heterocycles. The van der Waals surface area contributed by atoms with E-state index in [-0.39, 0.29) is 18.3 Å². The number of piperidine rings is 1. The average molecular weight is 262 g/mol. The summed E-state index contributed by atoms with van der Waals surface area (Å²) in [5.74, 6) is 0.794. The van der Waals surface area contributed by atoms with E-state index in [1.54, 1.807) is 0 Å². The summed E-state index contributed by atoms with van der Waals surface area (Å²) in [5, 5.41) is 3.04. The van der Waals surface area contributed by atoms with Crippen LogP contribution in [0.25, 0.3) is 0 Å². The number of hydrogen-bond acceptors (Lipinski definition) is 3. The molecule has 1 saturated heterocycles. The van der Waals surface area contributed by atoms with E-state index >= 15 is 0 Å². The fourth-order valence-electron chi connectivity index (χ4n) is 2.60. The van der Waals surface area contributed by atoms with Crippen molar-refractivity contribution in [1.82, 2.24) is 10.2 Å². The summed E-state index contributed by atoms with van der Waals surface area (Å²) in [6, 6.07) is 0.852. The lowest BCUT2D eigenvalue weighted by Crippen LogP contribution is -2.52. The second-order valence-corrected chi connectivity index (χ2v) is 5.23. The van der Waals surface area contributed by atoms with Crippen molar-refractivity contribution in [3.63, 3.8) is 0 Å². The maximum absolute atomic E-state index is 11.7. The fourth-order valence-corrected chi connectivity index (χ4v) is 2.60. The van der Waals surface area contributed by atoms with Gasteiger partial charge in [-0.2, -0.15) is 0 Å². The highest BCUT2D eigenvalue weighted by molar-refractivity contribution is 5.85. The van der Waals surface area contributed by atoms with Crippen molar-refractivity contribution in [3.8, 4) is 0 Å². The molecule has 17 heavy (non-hydrogen) atoms. The Hall–Kier alpha value is -0.320. The third kappa shape index (κ3) is 4.12. The van der Waals surface area contributed by atoms with Crippen LogP contribution in [-0.2, 0) is 4.79 Å². The first kappa shape index (κ1) is 14.7. The monoisotopic (exact) mass is 261 g/mol. The number of likely N-dealkylation sites (tertiary alicyclic amines) is 1. The van der Waals surface area contributed by atoms with Crippen molar-refractivity contribution in [2.24, 2.45) is 11.7 Å². The van der Waals surface area contributed by atoms with Gasteiger partial charge in [-0.05, 0) is 38.1 Å². The summed E-state index contributed by atoms with van der Waals surface area (Å²) < 4.78 is 0. The lowest BCUT2D eigenvalue weighted by Gasteiger charge is -2.38. The van der Waals surface area contributed by atoms with Crippen LogP contribution in [0.3, 0.4) is 0 Å². The van der Waals surface area contributed by atoms with E-state index in [1.165, 1.54) is 12.8 Å². The Morgan fingerprint density at radius 1 is 1.41 bits per heavy atom. The van der Waals surface area contributed by atoms with E-state index in [9.17, 15) is 4.79 Å². The van der Waals surface area contributed by atoms with Crippen LogP contribution in [0.2, 0.25) is 0 Å². The van der Waals surface area contributed by atoms with Gasteiger partial charge in [-0.1, -0.05) is 6.92 Å². The Morgan fingerprint density at radius 2 is 2.12 bits per heavy atom. The smallest absolute Gasteiger partial charge is 0.234 e. The molecule has 1 amide bonds. The number of hydrogen-bond donors (Lipinski definition) is 2. The third-order valence-corrected chi connectivity index (χ3v) is 3.76. The van der Waals surface area contributed by atoms with Crippen LogP contribution < -0.4 is 11.1 Å². The predicted molar refractivity (Wildman–Crippen MR) is 71.2 cm³/mol. The summed E-state index contributed by atoms with van der Waals surface area (Å²) in [7, 11) is 0. The van der Waals surface area contributed by atoms with Gasteiger partial charge in [0, 0.05) is 18.6 Å². The molecule has 2 unspecified atom stereocenters. The van der Waals surface area contributed by atoms with Crippen molar-refractivity contribution in [2.75, 3.05) is 19.6 Å². The molecule has 1 aliphatic heterocycles. The molecule has 1 heterocycles. The molecular weight excluding hydrogens is 238 g/mol. The van der Waals surface area contributed by atoms with Gasteiger partial charge in [-0.15, -0.1) is 12.4 Å². The minimum absolute atomic E-state index is 0. The van der Waals surface area contributed by atoms with Crippen LogP contribution in [0.5, 0.6) is 0 Å². The van der Waals surface area contributed by atoms with Crippen molar-refractivity contribution in [1.29, 1.82) is 0 Å². The highest BCUT2D eigenvalue weighted by Crippen LogP contribution is 2.22. The van der Waals surface area contributed by atoms with Gasteiger partial charge in [0.2, 0.25) is 5.91 Å². The minimum atomic E-state index is 0. The molecule has 2 atom stereocenters. The number of nitrogens with zero attached hydrogens (tertiary/aromatic N) is 1. The molecule has 5 heteroatoms. The van der Waals surface area contributed by atoms with Gasteiger partial charge in [0.1, 0.15) is 0 Å². The highest BCUT2D eigenvalue weighted by Gasteiger charge is 2.30. The zero-order valence-electron chi connectivity index (χ0n) is 10.5. The number of carbonyl (C=O) groups is 1. The lowest BCUT2D eigenvalue weighted by molar-refractivity contribution is -0.123. The summed E-state index contributed by atoms with van der Waals surface area (Å²) in [4.78, 5) is 14.0. The van der Waals surface area contributed by atoms with Gasteiger partial charge < -0.3 is 11.1 Å². The molecule has 3 N–H and O–H groups in total. The Kier molecular flexibility index (Phi) is 5.70. The maximum atomic E-state index is 11.7. The first-order valence-electron chi connectivity index (χ1n) is 6.44. The molecule has 2 rings (SSSR count). The molecule has 4 nitrogen and oxygen atoms in total. The lowest BCUT2D eigenvalue weighted by atomic mass is 9.91. The number of rotatable bonds is 4. The Balaban J connectivity index is 0.00000144. The molecule has 2 fully saturated rings. The zero-order chi connectivity index (χ0) is 11.5. The number of carbonyl (C=O) groups excluding carboxylic acids is 1. The highest BCUT2D eigenvalue weighted by atomic mass is 35.5. The van der Waals surface area contributed by atoms with Crippen LogP contribution >= 0.6 is 12.4 Å². The normalized spacial score (nSPS) is 29.5. The molecule has 1 aliphatic carbocycles. The van der Waals surface area contributed by atoms with Gasteiger partial charge in [0.15, 0.2) is 0 Å². The van der Waals surface area contributed by atoms with Crippen LogP contribution in [0, 0.1) is 5.92 Å². The molecule has 1 saturated carbocycles. The third-order valence-electron chi connectivity index (χ3n) is 3.76. The second-order valence-electron chi connectivity index (χ2n) is 5.23. The van der Waals surface area contributed by atoms with Crippen LogP contribution in [0.4, 0.5) is 0 Å². The van der Waals surface area contributed by atoms with Crippen LogP contribution in [-0.4, -0.2) is 42.5 Å². The van der Waals surface area contributed by atoms with E-state index in [2.05, 4.69) is 17.1 Å². The van der Waals surface area contributed by atoms with Crippen molar-refractivity contribution >= 4 is 18.3 Å². The maximum Gasteiger partial charge on any atom is 0.234 e. The minimum Gasteiger partial charge on any atom is -0.352 e. The largest absolute Gasteiger partial charge is 0.352 e. The molecule has 100 valence electrons. The van der Waals surface area contributed by atoms with Gasteiger partial charge in [0.25, 0.3) is 0 Å². The summed E-state index contributed by atoms with van der Waals surface area (Å²) >= 11 is 0. The quantitative estimate of drug-likeness (QED) is 0.785. The Bertz CT molecular complexity index is 258. The van der Waals surface area contributed by atoms with E-state index in [0.29, 0.717) is 31.1 Å². The first-order chi connectivity index (χ1) is 7.70. The standard InChI is InChI=1S/C12H23N3O.ClH/c1-9-3-2-6-15(11(9)7-13)8-12(16)14-10-4-5-10;/h9-11H,2-8,13H2,1H3,(H,14,16);1H. The summed E-state index contributed by atoms with van der Waals surface area (Å²) in [6.07, 6.45) is 4.74. The number of nitrogens with one attached hydrogen (secondary N) is 1. The molecule has 0 aromatic rings. The Labute approximate surface area is 110 Å². The van der Waals surface area contributed by atoms with Gasteiger partial charge in [-0.25, -0.2) is 0 Å². The fraction of sp³-hybridized carbons (Fsp3) is 0.917. The van der Waals surface area contributed by atoms with Crippen LogP contribution in [0.1, 0.15) is 32.6 Å². The van der Waals surface area contributed by atoms with E-state index < -0.39 is 0 Å². The van der Waals surface area contributed by atoms with Crippen LogP contribution in [0.15, 0.2) is 0 Å². The molecule has 2 aliphatic rings. The molecule has 0 aromatic carbocycles. The topological polar surface area (TPSA) is 58.4 Å². The number of nitrogens with two attached hydrogens (primary N) is 1. The second kappa shape index (κ2) is 6.57. The molecule has 0 spiro atoms. The summed E-state index contributed by atoms with van der Waals surface area (Å²) in [6.45, 7) is 4.45. The number of halogens is 1. The SMILES string of the molecule is CC1CCCN(CC(=O)NC2CC2)C1CN.Cl. The first-order valence-corrected chi connectivity index (χ1v) is 6.44. The van der Waals surface area contributed by atoms with Crippen molar-refractivity contribution in [2.45, 2.75) is 44.7 Å². The predicted octanol–water partition coefficient (Wildman–Crippen LogP) is 0.746. The van der Waals surface area contributed by atoms with E-state index in [4.69, 9.17) is 5.73 Å². The van der Waals surface area contributed by atoms with E-state index in [1.807, 2.05) is 0 Å². The molecule has 0 radical (unpaired) electrons. The van der Waals surface area contributed by atoms with Crippen molar-refractivity contribution < 1.29 is 4.79 Å². The zero-order valence-corrected chi connectivity index (χ0v) is 11.3.